The number of rotatable bonds is 12. The highest BCUT2D eigenvalue weighted by Crippen LogP contribution is 2.31. The highest BCUT2D eigenvalue weighted by atomic mass is 35.5. The zero-order chi connectivity index (χ0) is 26.2. The first kappa shape index (κ1) is 29.2. The van der Waals surface area contributed by atoms with Crippen molar-refractivity contribution in [1.82, 2.24) is 10.2 Å². The molecular weight excluding hydrogens is 533 g/mol. The molecule has 0 bridgehead atoms. The van der Waals surface area contributed by atoms with Crippen LogP contribution in [0.2, 0.25) is 15.1 Å². The molecule has 0 saturated carbocycles. The van der Waals surface area contributed by atoms with Crippen molar-refractivity contribution in [3.05, 3.63) is 63.1 Å². The van der Waals surface area contributed by atoms with Gasteiger partial charge in [0.1, 0.15) is 12.6 Å². The van der Waals surface area contributed by atoms with E-state index in [4.69, 9.17) is 34.8 Å². The van der Waals surface area contributed by atoms with E-state index in [1.807, 2.05) is 6.92 Å². The van der Waals surface area contributed by atoms with Crippen LogP contribution >= 0.6 is 34.8 Å². The monoisotopic (exact) mass is 561 g/mol. The molecule has 0 radical (unpaired) electrons. The molecule has 192 valence electrons. The molecule has 0 unspecified atom stereocenters. The van der Waals surface area contributed by atoms with E-state index in [-0.39, 0.29) is 23.2 Å². The lowest BCUT2D eigenvalue weighted by atomic mass is 10.1. The van der Waals surface area contributed by atoms with Crippen molar-refractivity contribution in [2.24, 2.45) is 0 Å². The second-order valence-corrected chi connectivity index (χ2v) is 11.2. The molecule has 2 aromatic rings. The number of hydrogen-bond donors (Lipinski definition) is 1. The molecule has 2 rings (SSSR count). The van der Waals surface area contributed by atoms with Gasteiger partial charge in [0.25, 0.3) is 0 Å². The van der Waals surface area contributed by atoms with Crippen LogP contribution in [0.15, 0.2) is 42.5 Å². The lowest BCUT2D eigenvalue weighted by Crippen LogP contribution is -2.52. The van der Waals surface area contributed by atoms with E-state index in [2.05, 4.69) is 5.32 Å². The quantitative estimate of drug-likeness (QED) is 0.363. The topological polar surface area (TPSA) is 86.8 Å². The minimum atomic E-state index is -3.90. The fourth-order valence-corrected chi connectivity index (χ4v) is 5.13. The van der Waals surface area contributed by atoms with Gasteiger partial charge in [-0.1, -0.05) is 73.3 Å². The van der Waals surface area contributed by atoms with Crippen molar-refractivity contribution >= 4 is 62.3 Å². The van der Waals surface area contributed by atoms with Gasteiger partial charge >= 0.3 is 0 Å². The smallest absolute Gasteiger partial charge is 0.244 e. The minimum Gasteiger partial charge on any atom is -0.354 e. The normalized spacial score (nSPS) is 12.2. The molecule has 2 aromatic carbocycles. The fourth-order valence-electron chi connectivity index (χ4n) is 3.51. The molecule has 0 aromatic heterocycles. The number of sulfonamides is 1. The zero-order valence-corrected chi connectivity index (χ0v) is 23.0. The van der Waals surface area contributed by atoms with Gasteiger partial charge in [-0.3, -0.25) is 13.9 Å². The lowest BCUT2D eigenvalue weighted by molar-refractivity contribution is -0.140. The summed E-state index contributed by atoms with van der Waals surface area (Å²) in [4.78, 5) is 28.0. The van der Waals surface area contributed by atoms with Crippen molar-refractivity contribution in [3.8, 4) is 0 Å². The highest BCUT2D eigenvalue weighted by Gasteiger charge is 2.32. The van der Waals surface area contributed by atoms with Gasteiger partial charge in [0.05, 0.1) is 17.0 Å². The number of amides is 2. The molecule has 0 heterocycles. The maximum absolute atomic E-state index is 13.6. The highest BCUT2D eigenvalue weighted by molar-refractivity contribution is 7.92. The van der Waals surface area contributed by atoms with Crippen LogP contribution in [0.4, 0.5) is 5.69 Å². The molecule has 1 N–H and O–H groups in total. The summed E-state index contributed by atoms with van der Waals surface area (Å²) in [7, 11) is -3.90. The molecule has 2 amide bonds. The first-order valence-corrected chi connectivity index (χ1v) is 14.2. The summed E-state index contributed by atoms with van der Waals surface area (Å²) < 4.78 is 26.2. The summed E-state index contributed by atoms with van der Waals surface area (Å²) in [6.07, 6.45) is 3.02. The standard InChI is InChI=1S/C24H30Cl3N3O4S/c1-4-6-13-28-24(32)21(5-2)29(15-17-9-7-8-10-19(17)26)23(31)16-30(35(3,33)34)22-12-11-18(25)14-20(22)27/h7-12,14,21H,4-6,13,15-16H2,1-3H3,(H,28,32)/t21-/m0/s1. The third-order valence-corrected chi connectivity index (χ3v) is 7.40. The molecular formula is C24H30Cl3N3O4S. The first-order chi connectivity index (χ1) is 16.5. The summed E-state index contributed by atoms with van der Waals surface area (Å²) in [6.45, 7) is 3.77. The van der Waals surface area contributed by atoms with Crippen LogP contribution in [0, 0.1) is 0 Å². The lowest BCUT2D eigenvalue weighted by Gasteiger charge is -2.33. The van der Waals surface area contributed by atoms with Crippen LogP contribution in [-0.4, -0.2) is 50.5 Å². The average Bonchev–Trinajstić information content (AvgIpc) is 2.78. The summed E-state index contributed by atoms with van der Waals surface area (Å²) in [5, 5.41) is 3.71. The van der Waals surface area contributed by atoms with Crippen molar-refractivity contribution in [3.63, 3.8) is 0 Å². The molecule has 7 nitrogen and oxygen atoms in total. The number of nitrogens with one attached hydrogen (secondary N) is 1. The number of nitrogens with zero attached hydrogens (tertiary/aromatic N) is 2. The molecule has 0 aliphatic heterocycles. The average molecular weight is 563 g/mol. The zero-order valence-electron chi connectivity index (χ0n) is 19.9. The molecule has 0 fully saturated rings. The number of hydrogen-bond acceptors (Lipinski definition) is 4. The Kier molecular flexibility index (Phi) is 11.1. The Labute approximate surface area is 222 Å². The molecule has 0 aliphatic carbocycles. The number of benzene rings is 2. The Balaban J connectivity index is 2.45. The number of unbranched alkanes of at least 4 members (excludes halogenated alkanes) is 1. The van der Waals surface area contributed by atoms with Crippen molar-refractivity contribution in [2.45, 2.75) is 45.7 Å². The molecule has 1 atom stereocenters. The van der Waals surface area contributed by atoms with Crippen molar-refractivity contribution in [2.75, 3.05) is 23.7 Å². The predicted molar refractivity (Wildman–Crippen MR) is 143 cm³/mol. The molecule has 0 saturated heterocycles. The van der Waals surface area contributed by atoms with E-state index in [9.17, 15) is 18.0 Å². The Morgan fingerprint density at radius 3 is 2.29 bits per heavy atom. The summed E-state index contributed by atoms with van der Waals surface area (Å²) >= 11 is 18.6. The molecule has 0 aliphatic rings. The van der Waals surface area contributed by atoms with Crippen molar-refractivity contribution < 1.29 is 18.0 Å². The molecule has 11 heteroatoms. The van der Waals surface area contributed by atoms with E-state index >= 15 is 0 Å². The van der Waals surface area contributed by atoms with Gasteiger partial charge in [-0.15, -0.1) is 0 Å². The van der Waals surface area contributed by atoms with Gasteiger partial charge in [0, 0.05) is 23.1 Å². The van der Waals surface area contributed by atoms with Crippen LogP contribution in [0.3, 0.4) is 0 Å². The predicted octanol–water partition coefficient (Wildman–Crippen LogP) is 5.14. The maximum Gasteiger partial charge on any atom is 0.244 e. The van der Waals surface area contributed by atoms with E-state index < -0.39 is 28.5 Å². The van der Waals surface area contributed by atoms with Gasteiger partial charge in [0.2, 0.25) is 21.8 Å². The van der Waals surface area contributed by atoms with Crippen LogP contribution in [-0.2, 0) is 26.2 Å². The SMILES string of the molecule is CCCCNC(=O)[C@H](CC)N(Cc1ccccc1Cl)C(=O)CN(c1ccc(Cl)cc1Cl)S(C)(=O)=O. The summed E-state index contributed by atoms with van der Waals surface area (Å²) in [5.41, 5.74) is 0.753. The van der Waals surface area contributed by atoms with Gasteiger partial charge in [-0.05, 0) is 42.7 Å². The molecule has 35 heavy (non-hydrogen) atoms. The second kappa shape index (κ2) is 13.3. The van der Waals surface area contributed by atoms with Gasteiger partial charge < -0.3 is 10.2 Å². The van der Waals surface area contributed by atoms with Crippen molar-refractivity contribution in [1.29, 1.82) is 0 Å². The fraction of sp³-hybridized carbons (Fsp3) is 0.417. The third kappa shape index (κ3) is 8.27. The van der Waals surface area contributed by atoms with Crippen LogP contribution < -0.4 is 9.62 Å². The number of carbonyl (C=O) groups is 2. The van der Waals surface area contributed by atoms with E-state index in [1.165, 1.54) is 23.1 Å². The van der Waals surface area contributed by atoms with Gasteiger partial charge in [0.15, 0.2) is 0 Å². The Bertz CT molecular complexity index is 1140. The minimum absolute atomic E-state index is 0.0319. The van der Waals surface area contributed by atoms with Crippen LogP contribution in [0.5, 0.6) is 0 Å². The van der Waals surface area contributed by atoms with E-state index in [0.717, 1.165) is 23.4 Å². The Morgan fingerprint density at radius 1 is 1.03 bits per heavy atom. The Morgan fingerprint density at radius 2 is 1.71 bits per heavy atom. The molecule has 0 spiro atoms. The van der Waals surface area contributed by atoms with Gasteiger partial charge in [-0.25, -0.2) is 8.42 Å². The second-order valence-electron chi connectivity index (χ2n) is 8.05. The largest absolute Gasteiger partial charge is 0.354 e. The van der Waals surface area contributed by atoms with E-state index in [1.54, 1.807) is 31.2 Å². The maximum atomic E-state index is 13.6. The first-order valence-electron chi connectivity index (χ1n) is 11.2. The number of anilines is 1. The third-order valence-electron chi connectivity index (χ3n) is 5.37. The number of carbonyl (C=O) groups excluding carboxylic acids is 2. The Hall–Kier alpha value is -2.00. The van der Waals surface area contributed by atoms with E-state index in [0.29, 0.717) is 28.6 Å². The summed E-state index contributed by atoms with van der Waals surface area (Å²) in [5.74, 6) is -0.879. The van der Waals surface area contributed by atoms with Gasteiger partial charge in [-0.2, -0.15) is 0 Å². The van der Waals surface area contributed by atoms with Crippen LogP contribution in [0.1, 0.15) is 38.7 Å². The van der Waals surface area contributed by atoms with Crippen LogP contribution in [0.25, 0.3) is 0 Å². The number of halogens is 3. The summed E-state index contributed by atoms with van der Waals surface area (Å²) in [6, 6.07) is 10.5.